The van der Waals surface area contributed by atoms with Gasteiger partial charge in [-0.25, -0.2) is 0 Å². The van der Waals surface area contributed by atoms with E-state index in [1.165, 1.54) is 0 Å². The van der Waals surface area contributed by atoms with E-state index < -0.39 is 0 Å². The molecule has 10 heavy (non-hydrogen) atoms. The molecule has 0 aromatic rings. The minimum atomic E-state index is -0.0887. The second kappa shape index (κ2) is 3.94. The van der Waals surface area contributed by atoms with Gasteiger partial charge in [0.2, 0.25) is 0 Å². The molecule has 0 aliphatic heterocycles. The molecule has 0 rings (SSSR count). The molecular formula is C8H19NO. The van der Waals surface area contributed by atoms with Gasteiger partial charge in [-0.05, 0) is 32.6 Å². The Labute approximate surface area is 63.4 Å². The summed E-state index contributed by atoms with van der Waals surface area (Å²) >= 11 is 0. The van der Waals surface area contributed by atoms with Gasteiger partial charge in [0.05, 0.1) is 0 Å². The monoisotopic (exact) mass is 145 g/mol. The predicted octanol–water partition coefficient (Wildman–Crippen LogP) is 1.13. The molecule has 0 aliphatic carbocycles. The first-order valence-electron chi connectivity index (χ1n) is 3.85. The van der Waals surface area contributed by atoms with Crippen molar-refractivity contribution in [3.63, 3.8) is 0 Å². The summed E-state index contributed by atoms with van der Waals surface area (Å²) in [7, 11) is 0. The summed E-state index contributed by atoms with van der Waals surface area (Å²) in [6.07, 6.45) is 1.84. The fourth-order valence-corrected chi connectivity index (χ4v) is 1.22. The first kappa shape index (κ1) is 9.92. The highest BCUT2D eigenvalue weighted by Crippen LogP contribution is 2.15. The summed E-state index contributed by atoms with van der Waals surface area (Å²) in [5, 5.41) is 8.59. The van der Waals surface area contributed by atoms with Crippen molar-refractivity contribution in [3.05, 3.63) is 0 Å². The van der Waals surface area contributed by atoms with Crippen LogP contribution in [0.25, 0.3) is 0 Å². The van der Waals surface area contributed by atoms with E-state index in [0.29, 0.717) is 5.92 Å². The second-order valence-corrected chi connectivity index (χ2v) is 3.81. The van der Waals surface area contributed by atoms with Gasteiger partial charge in [-0.15, -0.1) is 0 Å². The Kier molecular flexibility index (Phi) is 3.91. The second-order valence-electron chi connectivity index (χ2n) is 3.81. The van der Waals surface area contributed by atoms with Crippen LogP contribution < -0.4 is 5.73 Å². The molecule has 0 fully saturated rings. The molecule has 3 N–H and O–H groups in total. The smallest absolute Gasteiger partial charge is 0.0433 e. The fraction of sp³-hybridized carbons (Fsp3) is 1.00. The number of nitrogens with two attached hydrogens (primary N) is 1. The Hall–Kier alpha value is -0.0800. The highest BCUT2D eigenvalue weighted by molar-refractivity contribution is 4.74. The third kappa shape index (κ3) is 6.05. The molecule has 2 heteroatoms. The van der Waals surface area contributed by atoms with Crippen LogP contribution in [0.1, 0.15) is 33.6 Å². The van der Waals surface area contributed by atoms with Crippen LogP contribution in [0.15, 0.2) is 0 Å². The lowest BCUT2D eigenvalue weighted by molar-refractivity contribution is 0.244. The van der Waals surface area contributed by atoms with Gasteiger partial charge in [-0.3, -0.25) is 0 Å². The molecule has 0 aliphatic rings. The minimum absolute atomic E-state index is 0.0887. The van der Waals surface area contributed by atoms with Crippen molar-refractivity contribution in [2.24, 2.45) is 11.7 Å². The molecule has 0 saturated carbocycles. The molecule has 0 radical (unpaired) electrons. The van der Waals surface area contributed by atoms with Gasteiger partial charge < -0.3 is 10.8 Å². The van der Waals surface area contributed by atoms with Gasteiger partial charge in [0.25, 0.3) is 0 Å². The molecule has 0 spiro atoms. The average molecular weight is 145 g/mol. The van der Waals surface area contributed by atoms with Crippen molar-refractivity contribution < 1.29 is 5.11 Å². The van der Waals surface area contributed by atoms with Gasteiger partial charge in [0, 0.05) is 12.1 Å². The summed E-state index contributed by atoms with van der Waals surface area (Å²) in [6, 6.07) is 0. The zero-order valence-corrected chi connectivity index (χ0v) is 7.22. The number of hydrogen-bond acceptors (Lipinski definition) is 2. The molecule has 1 atom stereocenters. The molecule has 0 heterocycles. The molecule has 2 nitrogen and oxygen atoms in total. The lowest BCUT2D eigenvalue weighted by Gasteiger charge is -2.22. The van der Waals surface area contributed by atoms with Gasteiger partial charge in [0.1, 0.15) is 0 Å². The van der Waals surface area contributed by atoms with E-state index in [1.807, 2.05) is 13.8 Å². The Morgan fingerprint density at radius 3 is 2.30 bits per heavy atom. The lowest BCUT2D eigenvalue weighted by atomic mass is 9.91. The maximum atomic E-state index is 8.59. The summed E-state index contributed by atoms with van der Waals surface area (Å²) in [6.45, 7) is 6.42. The summed E-state index contributed by atoms with van der Waals surface area (Å²) in [5.41, 5.74) is 5.70. The van der Waals surface area contributed by atoms with E-state index in [9.17, 15) is 0 Å². The third-order valence-electron chi connectivity index (χ3n) is 1.50. The Balaban J connectivity index is 3.47. The zero-order chi connectivity index (χ0) is 8.20. The quantitative estimate of drug-likeness (QED) is 0.623. The van der Waals surface area contributed by atoms with Crippen molar-refractivity contribution in [1.82, 2.24) is 0 Å². The van der Waals surface area contributed by atoms with Crippen molar-refractivity contribution in [2.45, 2.75) is 39.2 Å². The summed E-state index contributed by atoms with van der Waals surface area (Å²) in [4.78, 5) is 0. The largest absolute Gasteiger partial charge is 0.396 e. The van der Waals surface area contributed by atoms with Crippen molar-refractivity contribution in [2.75, 3.05) is 6.61 Å². The number of aliphatic hydroxyl groups excluding tert-OH is 1. The van der Waals surface area contributed by atoms with E-state index in [0.717, 1.165) is 12.8 Å². The Bertz CT molecular complexity index is 85.7. The molecule has 0 saturated heterocycles. The van der Waals surface area contributed by atoms with Crippen LogP contribution in [0.4, 0.5) is 0 Å². The topological polar surface area (TPSA) is 46.2 Å². The Morgan fingerprint density at radius 2 is 2.00 bits per heavy atom. The van der Waals surface area contributed by atoms with Crippen LogP contribution >= 0.6 is 0 Å². The Morgan fingerprint density at radius 1 is 1.50 bits per heavy atom. The van der Waals surface area contributed by atoms with Crippen LogP contribution in [0.5, 0.6) is 0 Å². The number of hydrogen-bond donors (Lipinski definition) is 2. The number of rotatable bonds is 4. The molecule has 1 unspecified atom stereocenters. The first-order chi connectivity index (χ1) is 4.45. The highest BCUT2D eigenvalue weighted by Gasteiger charge is 2.14. The SMILES string of the molecule is CC(CCO)CC(C)(C)N. The molecule has 0 amide bonds. The summed E-state index contributed by atoms with van der Waals surface area (Å²) in [5.74, 6) is 0.532. The lowest BCUT2D eigenvalue weighted by Crippen LogP contribution is -2.34. The molecule has 0 bridgehead atoms. The number of aliphatic hydroxyl groups is 1. The maximum absolute atomic E-state index is 8.59. The van der Waals surface area contributed by atoms with E-state index in [2.05, 4.69) is 6.92 Å². The molecular weight excluding hydrogens is 126 g/mol. The van der Waals surface area contributed by atoms with Crippen LogP contribution in [0.3, 0.4) is 0 Å². The molecule has 0 aromatic carbocycles. The summed E-state index contributed by atoms with van der Waals surface area (Å²) < 4.78 is 0. The maximum Gasteiger partial charge on any atom is 0.0433 e. The molecule has 62 valence electrons. The van der Waals surface area contributed by atoms with E-state index in [-0.39, 0.29) is 12.1 Å². The van der Waals surface area contributed by atoms with Crippen LogP contribution in [0.2, 0.25) is 0 Å². The van der Waals surface area contributed by atoms with Gasteiger partial charge >= 0.3 is 0 Å². The van der Waals surface area contributed by atoms with Gasteiger partial charge in [-0.1, -0.05) is 6.92 Å². The standard InChI is InChI=1S/C8H19NO/c1-7(4-5-10)6-8(2,3)9/h7,10H,4-6,9H2,1-3H3. The minimum Gasteiger partial charge on any atom is -0.396 e. The van der Waals surface area contributed by atoms with Gasteiger partial charge in [-0.2, -0.15) is 0 Å². The van der Waals surface area contributed by atoms with Gasteiger partial charge in [0.15, 0.2) is 0 Å². The first-order valence-corrected chi connectivity index (χ1v) is 3.85. The van der Waals surface area contributed by atoms with E-state index in [1.54, 1.807) is 0 Å². The average Bonchev–Trinajstić information content (AvgIpc) is 1.59. The predicted molar refractivity (Wildman–Crippen MR) is 43.8 cm³/mol. The zero-order valence-electron chi connectivity index (χ0n) is 7.22. The van der Waals surface area contributed by atoms with Crippen molar-refractivity contribution >= 4 is 0 Å². The van der Waals surface area contributed by atoms with Crippen LogP contribution in [0, 0.1) is 5.92 Å². The molecule has 0 aromatic heterocycles. The van der Waals surface area contributed by atoms with Crippen molar-refractivity contribution in [1.29, 1.82) is 0 Å². The highest BCUT2D eigenvalue weighted by atomic mass is 16.3. The fourth-order valence-electron chi connectivity index (χ4n) is 1.22. The van der Waals surface area contributed by atoms with E-state index >= 15 is 0 Å². The van der Waals surface area contributed by atoms with Crippen LogP contribution in [-0.4, -0.2) is 17.3 Å². The van der Waals surface area contributed by atoms with Crippen LogP contribution in [-0.2, 0) is 0 Å². The third-order valence-corrected chi connectivity index (χ3v) is 1.50. The normalized spacial score (nSPS) is 15.3. The van der Waals surface area contributed by atoms with E-state index in [4.69, 9.17) is 10.8 Å². The van der Waals surface area contributed by atoms with Crippen molar-refractivity contribution in [3.8, 4) is 0 Å².